The number of aromatic nitrogens is 2. The Balaban J connectivity index is 1.47. The lowest BCUT2D eigenvalue weighted by atomic mass is 10.1. The molecule has 1 saturated heterocycles. The molecule has 1 aliphatic heterocycles. The minimum Gasteiger partial charge on any atom is -0.468 e. The first-order chi connectivity index (χ1) is 15.3. The normalized spacial score (nSPS) is 16.2. The zero-order valence-corrected chi connectivity index (χ0v) is 18.2. The van der Waals surface area contributed by atoms with Gasteiger partial charge in [-0.05, 0) is 56.6 Å². The minimum atomic E-state index is 0.206. The molecular formula is C24H32N6O. The lowest BCUT2D eigenvalue weighted by Gasteiger charge is -2.33. The average Bonchev–Trinajstić information content (AvgIpc) is 3.53. The highest BCUT2D eigenvalue weighted by molar-refractivity contribution is 5.79. The Hall–Kier alpha value is -3.06. The molecule has 164 valence electrons. The van der Waals surface area contributed by atoms with Crippen molar-refractivity contribution in [3.05, 3.63) is 72.7 Å². The first-order valence-corrected chi connectivity index (χ1v) is 11.2. The van der Waals surface area contributed by atoms with Crippen LogP contribution >= 0.6 is 0 Å². The van der Waals surface area contributed by atoms with Gasteiger partial charge in [0.1, 0.15) is 5.76 Å². The Morgan fingerprint density at radius 2 is 2.00 bits per heavy atom. The largest absolute Gasteiger partial charge is 0.468 e. The zero-order chi connectivity index (χ0) is 21.3. The molecular weight excluding hydrogens is 388 g/mol. The van der Waals surface area contributed by atoms with Crippen LogP contribution in [0.4, 0.5) is 0 Å². The summed E-state index contributed by atoms with van der Waals surface area (Å²) >= 11 is 0. The predicted octanol–water partition coefficient (Wildman–Crippen LogP) is 3.75. The third-order valence-corrected chi connectivity index (χ3v) is 5.69. The summed E-state index contributed by atoms with van der Waals surface area (Å²) in [4.78, 5) is 11.6. The molecule has 0 aliphatic carbocycles. The van der Waals surface area contributed by atoms with Gasteiger partial charge in [-0.15, -0.1) is 0 Å². The van der Waals surface area contributed by atoms with Gasteiger partial charge >= 0.3 is 0 Å². The molecule has 0 radical (unpaired) electrons. The van der Waals surface area contributed by atoms with E-state index in [1.165, 1.54) is 19.3 Å². The van der Waals surface area contributed by atoms with Crippen LogP contribution in [-0.2, 0) is 6.54 Å². The highest BCUT2D eigenvalue weighted by atomic mass is 16.3. The molecule has 3 aromatic rings. The van der Waals surface area contributed by atoms with E-state index in [-0.39, 0.29) is 6.04 Å². The van der Waals surface area contributed by atoms with Gasteiger partial charge < -0.3 is 19.6 Å². The molecule has 1 aromatic carbocycles. The quantitative estimate of drug-likeness (QED) is 0.429. The van der Waals surface area contributed by atoms with Gasteiger partial charge in [-0.1, -0.05) is 24.6 Å². The number of para-hydroxylation sites is 1. The van der Waals surface area contributed by atoms with Gasteiger partial charge in [-0.2, -0.15) is 0 Å². The minimum absolute atomic E-state index is 0.206. The van der Waals surface area contributed by atoms with Crippen LogP contribution in [0.3, 0.4) is 0 Å². The van der Waals surface area contributed by atoms with Gasteiger partial charge in [0.15, 0.2) is 5.96 Å². The molecule has 4 rings (SSSR count). The van der Waals surface area contributed by atoms with E-state index < -0.39 is 0 Å². The van der Waals surface area contributed by atoms with Crippen molar-refractivity contribution in [1.82, 2.24) is 25.1 Å². The Morgan fingerprint density at radius 3 is 2.74 bits per heavy atom. The summed E-state index contributed by atoms with van der Waals surface area (Å²) in [6.45, 7) is 6.45. The summed E-state index contributed by atoms with van der Waals surface area (Å²) in [5.74, 6) is 1.83. The second-order valence-electron chi connectivity index (χ2n) is 7.80. The summed E-state index contributed by atoms with van der Waals surface area (Å²) in [7, 11) is 0. The number of nitrogens with zero attached hydrogens (tertiary/aromatic N) is 4. The third kappa shape index (κ3) is 5.55. The average molecular weight is 421 g/mol. The molecule has 0 bridgehead atoms. The number of hydrogen-bond donors (Lipinski definition) is 2. The number of furan rings is 1. The van der Waals surface area contributed by atoms with E-state index in [1.807, 2.05) is 29.2 Å². The molecule has 0 amide bonds. The molecule has 2 aromatic heterocycles. The van der Waals surface area contributed by atoms with Gasteiger partial charge in [-0.3, -0.25) is 4.90 Å². The summed E-state index contributed by atoms with van der Waals surface area (Å²) in [5, 5.41) is 6.93. The van der Waals surface area contributed by atoms with Crippen molar-refractivity contribution < 1.29 is 4.42 Å². The summed E-state index contributed by atoms with van der Waals surface area (Å²) in [6, 6.07) is 12.5. The molecule has 1 unspecified atom stereocenters. The second-order valence-corrected chi connectivity index (χ2v) is 7.80. The fraction of sp³-hybridized carbons (Fsp3) is 0.417. The summed E-state index contributed by atoms with van der Waals surface area (Å²) in [6.07, 6.45) is 11.1. The lowest BCUT2D eigenvalue weighted by molar-refractivity contribution is 0.146. The molecule has 7 heteroatoms. The Bertz CT molecular complexity index is 929. The Labute approximate surface area is 184 Å². The smallest absolute Gasteiger partial charge is 0.191 e. The number of imidazole rings is 1. The monoisotopic (exact) mass is 420 g/mol. The predicted molar refractivity (Wildman–Crippen MR) is 123 cm³/mol. The number of guanidine groups is 1. The van der Waals surface area contributed by atoms with Crippen LogP contribution in [0.5, 0.6) is 0 Å². The summed E-state index contributed by atoms with van der Waals surface area (Å²) < 4.78 is 7.80. The first-order valence-electron chi connectivity index (χ1n) is 11.2. The van der Waals surface area contributed by atoms with Crippen molar-refractivity contribution in [3.8, 4) is 5.69 Å². The standard InChI is InChI=1S/C24H32N6O/c1-2-26-24(27-17-20-9-4-5-10-21(20)30-15-12-25-19-30)28-18-22(23-11-8-16-31-23)29-13-6-3-7-14-29/h4-5,8-12,15-16,19,22H,2-3,6-7,13-14,17-18H2,1H3,(H2,26,27,28). The van der Waals surface area contributed by atoms with E-state index in [2.05, 4.69) is 51.7 Å². The van der Waals surface area contributed by atoms with Gasteiger partial charge in [-0.25, -0.2) is 9.98 Å². The molecule has 1 aliphatic rings. The van der Waals surface area contributed by atoms with E-state index in [0.29, 0.717) is 6.54 Å². The number of piperidine rings is 1. The van der Waals surface area contributed by atoms with E-state index in [4.69, 9.17) is 9.41 Å². The molecule has 1 fully saturated rings. The number of likely N-dealkylation sites (tertiary alicyclic amines) is 1. The number of hydrogen-bond acceptors (Lipinski definition) is 4. The Morgan fingerprint density at radius 1 is 1.13 bits per heavy atom. The van der Waals surface area contributed by atoms with Crippen LogP contribution in [0.25, 0.3) is 5.69 Å². The zero-order valence-electron chi connectivity index (χ0n) is 18.2. The fourth-order valence-corrected chi connectivity index (χ4v) is 4.12. The van der Waals surface area contributed by atoms with Crippen molar-refractivity contribution in [2.75, 3.05) is 26.2 Å². The van der Waals surface area contributed by atoms with Gasteiger partial charge in [0, 0.05) is 25.5 Å². The van der Waals surface area contributed by atoms with Gasteiger partial charge in [0.2, 0.25) is 0 Å². The second kappa shape index (κ2) is 10.8. The molecule has 3 heterocycles. The maximum absolute atomic E-state index is 5.78. The number of nitrogens with one attached hydrogen (secondary N) is 2. The van der Waals surface area contributed by atoms with Crippen LogP contribution in [0, 0.1) is 0 Å². The van der Waals surface area contributed by atoms with Crippen molar-refractivity contribution in [3.63, 3.8) is 0 Å². The van der Waals surface area contributed by atoms with E-state index in [9.17, 15) is 0 Å². The highest BCUT2D eigenvalue weighted by Crippen LogP contribution is 2.24. The van der Waals surface area contributed by atoms with Crippen molar-refractivity contribution >= 4 is 5.96 Å². The SMILES string of the molecule is CCNC(=NCc1ccccc1-n1ccnc1)NCC(c1ccco1)N1CCCCC1. The molecule has 0 spiro atoms. The van der Waals surface area contributed by atoms with Crippen molar-refractivity contribution in [2.45, 2.75) is 38.8 Å². The van der Waals surface area contributed by atoms with Crippen LogP contribution in [0.15, 0.2) is 70.8 Å². The highest BCUT2D eigenvalue weighted by Gasteiger charge is 2.24. The van der Waals surface area contributed by atoms with E-state index in [1.54, 1.807) is 12.5 Å². The van der Waals surface area contributed by atoms with Crippen LogP contribution in [0.1, 0.15) is 43.6 Å². The van der Waals surface area contributed by atoms with Crippen molar-refractivity contribution in [2.24, 2.45) is 4.99 Å². The molecule has 2 N–H and O–H groups in total. The number of benzene rings is 1. The maximum Gasteiger partial charge on any atom is 0.191 e. The van der Waals surface area contributed by atoms with Gasteiger partial charge in [0.05, 0.1) is 30.9 Å². The number of rotatable bonds is 8. The molecule has 31 heavy (non-hydrogen) atoms. The van der Waals surface area contributed by atoms with Crippen LogP contribution in [0.2, 0.25) is 0 Å². The van der Waals surface area contributed by atoms with E-state index >= 15 is 0 Å². The third-order valence-electron chi connectivity index (χ3n) is 5.69. The maximum atomic E-state index is 5.78. The fourth-order valence-electron chi connectivity index (χ4n) is 4.12. The van der Waals surface area contributed by atoms with Gasteiger partial charge in [0.25, 0.3) is 0 Å². The lowest BCUT2D eigenvalue weighted by Crippen LogP contribution is -2.44. The number of aliphatic imine (C=N–C) groups is 1. The molecule has 1 atom stereocenters. The van der Waals surface area contributed by atoms with Crippen molar-refractivity contribution in [1.29, 1.82) is 0 Å². The summed E-state index contributed by atoms with van der Waals surface area (Å²) in [5.41, 5.74) is 2.25. The molecule has 0 saturated carbocycles. The van der Waals surface area contributed by atoms with Crippen LogP contribution in [-0.4, -0.2) is 46.6 Å². The topological polar surface area (TPSA) is 70.6 Å². The van der Waals surface area contributed by atoms with E-state index in [0.717, 1.165) is 49.1 Å². The Kier molecular flexibility index (Phi) is 7.39. The first kappa shape index (κ1) is 21.2. The van der Waals surface area contributed by atoms with Crippen LogP contribution < -0.4 is 10.6 Å². The molecule has 7 nitrogen and oxygen atoms in total.